The summed E-state index contributed by atoms with van der Waals surface area (Å²) in [6, 6.07) is 1.88. The van der Waals surface area contributed by atoms with E-state index in [-0.39, 0.29) is 11.5 Å². The first kappa shape index (κ1) is 16.7. The number of anilines is 2. The molecule has 1 rings (SSSR count). The number of nitrogens with one attached hydrogen (secondary N) is 2. The summed E-state index contributed by atoms with van der Waals surface area (Å²) in [4.78, 5) is 8.67. The van der Waals surface area contributed by atoms with Crippen molar-refractivity contribution in [2.45, 2.75) is 53.6 Å². The molecule has 20 heavy (non-hydrogen) atoms. The highest BCUT2D eigenvalue weighted by Crippen LogP contribution is 2.21. The lowest BCUT2D eigenvalue weighted by molar-refractivity contribution is 0.132. The minimum absolute atomic E-state index is 0.122. The minimum atomic E-state index is -0.377. The molecule has 0 bridgehead atoms. The zero-order valence-corrected chi connectivity index (χ0v) is 13.3. The number of aryl methyl sites for hydroxylation is 1. The van der Waals surface area contributed by atoms with Crippen LogP contribution in [0, 0.1) is 12.3 Å². The second kappa shape index (κ2) is 7.43. The fourth-order valence-corrected chi connectivity index (χ4v) is 2.00. The summed E-state index contributed by atoms with van der Waals surface area (Å²) in [6.07, 6.45) is 1.43. The zero-order chi connectivity index (χ0) is 15.2. The van der Waals surface area contributed by atoms with Gasteiger partial charge in [-0.25, -0.2) is 9.97 Å². The van der Waals surface area contributed by atoms with Crippen molar-refractivity contribution in [3.63, 3.8) is 0 Å². The number of hydrogen-bond acceptors (Lipinski definition) is 5. The van der Waals surface area contributed by atoms with Gasteiger partial charge in [-0.3, -0.25) is 0 Å². The van der Waals surface area contributed by atoms with E-state index in [0.717, 1.165) is 36.8 Å². The molecule has 1 heterocycles. The molecule has 5 nitrogen and oxygen atoms in total. The van der Waals surface area contributed by atoms with Gasteiger partial charge in [-0.15, -0.1) is 0 Å². The second-order valence-corrected chi connectivity index (χ2v) is 6.41. The summed E-state index contributed by atoms with van der Waals surface area (Å²) in [5.41, 5.74) is 0.122. The first-order valence-corrected chi connectivity index (χ1v) is 7.31. The Bertz CT molecular complexity index is 415. The summed E-state index contributed by atoms with van der Waals surface area (Å²) < 4.78 is 0. The zero-order valence-electron chi connectivity index (χ0n) is 13.3. The summed E-state index contributed by atoms with van der Waals surface area (Å²) in [5, 5.41) is 16.4. The van der Waals surface area contributed by atoms with E-state index in [9.17, 15) is 5.11 Å². The van der Waals surface area contributed by atoms with E-state index < -0.39 is 0 Å². The molecule has 0 fully saturated rings. The summed E-state index contributed by atoms with van der Waals surface area (Å²) in [7, 11) is 0. The third kappa shape index (κ3) is 6.70. The Morgan fingerprint density at radius 1 is 1.20 bits per heavy atom. The van der Waals surface area contributed by atoms with Gasteiger partial charge < -0.3 is 15.7 Å². The lowest BCUT2D eigenvalue weighted by Crippen LogP contribution is -2.25. The van der Waals surface area contributed by atoms with Crippen LogP contribution in [0.3, 0.4) is 0 Å². The molecule has 0 aromatic carbocycles. The van der Waals surface area contributed by atoms with E-state index in [2.05, 4.69) is 48.3 Å². The van der Waals surface area contributed by atoms with Crippen LogP contribution in [0.5, 0.6) is 0 Å². The SMILES string of the molecule is CCCNc1cc(NCC(O)CC(C)(C)C)nc(C)n1. The highest BCUT2D eigenvalue weighted by Gasteiger charge is 2.16. The molecule has 0 aliphatic heterocycles. The minimum Gasteiger partial charge on any atom is -0.391 e. The van der Waals surface area contributed by atoms with Crippen LogP contribution in [0.2, 0.25) is 0 Å². The average molecular weight is 280 g/mol. The maximum Gasteiger partial charge on any atom is 0.131 e. The molecule has 1 atom stereocenters. The van der Waals surface area contributed by atoms with Gasteiger partial charge in [0, 0.05) is 19.2 Å². The largest absolute Gasteiger partial charge is 0.391 e. The van der Waals surface area contributed by atoms with Gasteiger partial charge in [-0.05, 0) is 25.2 Å². The number of rotatable bonds is 7. The van der Waals surface area contributed by atoms with Crippen molar-refractivity contribution < 1.29 is 5.11 Å². The van der Waals surface area contributed by atoms with Crippen LogP contribution in [0.1, 0.15) is 46.4 Å². The van der Waals surface area contributed by atoms with Crippen molar-refractivity contribution in [2.24, 2.45) is 5.41 Å². The van der Waals surface area contributed by atoms with Crippen molar-refractivity contribution in [3.8, 4) is 0 Å². The molecule has 0 aliphatic rings. The number of aromatic nitrogens is 2. The van der Waals surface area contributed by atoms with Gasteiger partial charge in [-0.2, -0.15) is 0 Å². The Kier molecular flexibility index (Phi) is 6.20. The van der Waals surface area contributed by atoms with E-state index in [0.29, 0.717) is 6.54 Å². The Morgan fingerprint density at radius 2 is 1.80 bits per heavy atom. The van der Waals surface area contributed by atoms with Crippen LogP contribution in [-0.4, -0.2) is 34.3 Å². The molecule has 1 unspecified atom stereocenters. The topological polar surface area (TPSA) is 70.1 Å². The molecule has 0 saturated carbocycles. The van der Waals surface area contributed by atoms with Crippen LogP contribution in [-0.2, 0) is 0 Å². The Balaban J connectivity index is 2.56. The van der Waals surface area contributed by atoms with Crippen LogP contribution in [0.15, 0.2) is 6.07 Å². The molecule has 1 aromatic rings. The fourth-order valence-electron chi connectivity index (χ4n) is 2.00. The highest BCUT2D eigenvalue weighted by atomic mass is 16.3. The molecular weight excluding hydrogens is 252 g/mol. The van der Waals surface area contributed by atoms with Crippen molar-refractivity contribution in [3.05, 3.63) is 11.9 Å². The van der Waals surface area contributed by atoms with Gasteiger partial charge in [0.1, 0.15) is 17.5 Å². The highest BCUT2D eigenvalue weighted by molar-refractivity contribution is 5.47. The molecule has 0 aliphatic carbocycles. The first-order chi connectivity index (χ1) is 9.30. The number of hydrogen-bond donors (Lipinski definition) is 3. The van der Waals surface area contributed by atoms with Gasteiger partial charge in [0.15, 0.2) is 0 Å². The lowest BCUT2D eigenvalue weighted by Gasteiger charge is -2.22. The van der Waals surface area contributed by atoms with Crippen molar-refractivity contribution in [1.29, 1.82) is 0 Å². The van der Waals surface area contributed by atoms with Crippen LogP contribution >= 0.6 is 0 Å². The summed E-state index contributed by atoms with van der Waals surface area (Å²) in [5.74, 6) is 2.30. The second-order valence-electron chi connectivity index (χ2n) is 6.41. The fraction of sp³-hybridized carbons (Fsp3) is 0.733. The smallest absolute Gasteiger partial charge is 0.131 e. The normalized spacial score (nSPS) is 13.1. The van der Waals surface area contributed by atoms with Crippen molar-refractivity contribution in [2.75, 3.05) is 23.7 Å². The molecular formula is C15H28N4O. The third-order valence-electron chi connectivity index (χ3n) is 2.76. The molecule has 0 saturated heterocycles. The average Bonchev–Trinajstić information content (AvgIpc) is 2.31. The maximum atomic E-state index is 10.0. The lowest BCUT2D eigenvalue weighted by atomic mass is 9.89. The number of nitrogens with zero attached hydrogens (tertiary/aromatic N) is 2. The van der Waals surface area contributed by atoms with Crippen molar-refractivity contribution in [1.82, 2.24) is 9.97 Å². The Labute approximate surface area is 122 Å². The van der Waals surface area contributed by atoms with E-state index in [1.165, 1.54) is 0 Å². The first-order valence-electron chi connectivity index (χ1n) is 7.31. The molecule has 0 radical (unpaired) electrons. The third-order valence-corrected chi connectivity index (χ3v) is 2.76. The molecule has 0 spiro atoms. The van der Waals surface area contributed by atoms with Crippen LogP contribution in [0.4, 0.5) is 11.6 Å². The summed E-state index contributed by atoms with van der Waals surface area (Å²) >= 11 is 0. The molecule has 0 amide bonds. The quantitative estimate of drug-likeness (QED) is 0.716. The van der Waals surface area contributed by atoms with Gasteiger partial charge in [-0.1, -0.05) is 27.7 Å². The van der Waals surface area contributed by atoms with E-state index in [1.54, 1.807) is 0 Å². The van der Waals surface area contributed by atoms with Crippen LogP contribution in [0.25, 0.3) is 0 Å². The number of aliphatic hydroxyl groups is 1. The van der Waals surface area contributed by atoms with Gasteiger partial charge in [0.25, 0.3) is 0 Å². The maximum absolute atomic E-state index is 10.0. The van der Waals surface area contributed by atoms with E-state index >= 15 is 0 Å². The monoisotopic (exact) mass is 280 g/mol. The molecule has 5 heteroatoms. The van der Waals surface area contributed by atoms with Gasteiger partial charge in [0.2, 0.25) is 0 Å². The predicted molar refractivity (Wildman–Crippen MR) is 84.1 cm³/mol. The molecule has 3 N–H and O–H groups in total. The molecule has 1 aromatic heterocycles. The van der Waals surface area contributed by atoms with Gasteiger partial charge >= 0.3 is 0 Å². The van der Waals surface area contributed by atoms with E-state index in [1.807, 2.05) is 13.0 Å². The van der Waals surface area contributed by atoms with Crippen molar-refractivity contribution >= 4 is 11.6 Å². The van der Waals surface area contributed by atoms with E-state index in [4.69, 9.17) is 0 Å². The Morgan fingerprint density at radius 3 is 2.35 bits per heavy atom. The Hall–Kier alpha value is -1.36. The predicted octanol–water partition coefficient (Wildman–Crippen LogP) is 2.82. The summed E-state index contributed by atoms with van der Waals surface area (Å²) in [6.45, 7) is 11.7. The standard InChI is InChI=1S/C15H28N4O/c1-6-7-16-13-8-14(19-11(2)18-13)17-10-12(20)9-15(3,4)5/h8,12,20H,6-7,9-10H2,1-5H3,(H2,16,17,18,19). The van der Waals surface area contributed by atoms with Gasteiger partial charge in [0.05, 0.1) is 6.10 Å². The van der Waals surface area contributed by atoms with Crippen LogP contribution < -0.4 is 10.6 Å². The molecule has 114 valence electrons. The number of aliphatic hydroxyl groups excluding tert-OH is 1.